The molecule has 0 aliphatic carbocycles. The fraction of sp³-hybridized carbons (Fsp3) is 0. The summed E-state index contributed by atoms with van der Waals surface area (Å²) in [6.45, 7) is 0. The molecule has 0 spiro atoms. The second-order valence-electron chi connectivity index (χ2n) is 11.1. The second-order valence-corrected chi connectivity index (χ2v) is 11.1. The number of para-hydroxylation sites is 2. The van der Waals surface area contributed by atoms with E-state index in [0.29, 0.717) is 22.9 Å². The van der Waals surface area contributed by atoms with Gasteiger partial charge in [0.05, 0.1) is 27.7 Å². The van der Waals surface area contributed by atoms with Crippen molar-refractivity contribution in [3.8, 4) is 51.0 Å². The topological polar surface area (TPSA) is 43.6 Å². The third kappa shape index (κ3) is 4.75. The van der Waals surface area contributed by atoms with E-state index >= 15 is 0 Å². The van der Waals surface area contributed by atoms with Gasteiger partial charge in [-0.15, -0.1) is 0 Å². The SMILES string of the molecule is [2H]c1c([2H])c([2H])c2c(c1[2H])c1c([2H])c([2H])c([2H])c([2H])c1n2-c1ccc(-c2ccc3ccccc3c2)cc1-c1nc(-c2ccccc2)nc(-c2ccccc2)n1. The van der Waals surface area contributed by atoms with Crippen molar-refractivity contribution in [2.45, 2.75) is 0 Å². The zero-order valence-corrected chi connectivity index (χ0v) is 24.8. The number of aromatic nitrogens is 4. The van der Waals surface area contributed by atoms with Crippen molar-refractivity contribution in [1.29, 1.82) is 0 Å². The van der Waals surface area contributed by atoms with Crippen molar-refractivity contribution in [2.75, 3.05) is 0 Å². The van der Waals surface area contributed by atoms with Crippen LogP contribution in [-0.2, 0) is 0 Å². The molecule has 0 unspecified atom stereocenters. The molecule has 9 aromatic rings. The van der Waals surface area contributed by atoms with Crippen LogP contribution in [-0.4, -0.2) is 19.5 Å². The smallest absolute Gasteiger partial charge is 0.166 e. The Morgan fingerprint density at radius 3 is 1.57 bits per heavy atom. The maximum Gasteiger partial charge on any atom is 0.166 e. The average molecular weight is 609 g/mol. The molecule has 7 aromatic carbocycles. The fourth-order valence-electron chi connectivity index (χ4n) is 6.05. The summed E-state index contributed by atoms with van der Waals surface area (Å²) in [6.07, 6.45) is 0. The van der Waals surface area contributed by atoms with E-state index in [1.54, 1.807) is 6.07 Å². The van der Waals surface area contributed by atoms with Gasteiger partial charge >= 0.3 is 0 Å². The van der Waals surface area contributed by atoms with Crippen LogP contribution in [0.3, 0.4) is 0 Å². The second kappa shape index (κ2) is 11.2. The number of fused-ring (bicyclic) bond motifs is 4. The van der Waals surface area contributed by atoms with Crippen LogP contribution in [0.2, 0.25) is 0 Å². The van der Waals surface area contributed by atoms with E-state index < -0.39 is 36.3 Å². The van der Waals surface area contributed by atoms with Gasteiger partial charge in [0, 0.05) is 27.5 Å². The van der Waals surface area contributed by atoms with Crippen molar-refractivity contribution in [2.24, 2.45) is 0 Å². The molecule has 9 rings (SSSR count). The third-order valence-electron chi connectivity index (χ3n) is 8.29. The zero-order chi connectivity index (χ0) is 38.1. The van der Waals surface area contributed by atoms with Gasteiger partial charge in [0.25, 0.3) is 0 Å². The molecule has 0 aliphatic heterocycles. The van der Waals surface area contributed by atoms with Crippen molar-refractivity contribution < 1.29 is 11.0 Å². The highest BCUT2D eigenvalue weighted by Gasteiger charge is 2.20. The number of hydrogen-bond acceptors (Lipinski definition) is 3. The van der Waals surface area contributed by atoms with Gasteiger partial charge in [0.2, 0.25) is 0 Å². The highest BCUT2D eigenvalue weighted by molar-refractivity contribution is 6.09. The van der Waals surface area contributed by atoms with Gasteiger partial charge in [-0.2, -0.15) is 0 Å². The summed E-state index contributed by atoms with van der Waals surface area (Å²) in [5.41, 5.74) is 4.01. The normalized spacial score (nSPS) is 13.8. The standard InChI is InChI=1S/C43H28N4/c1-3-14-30(15-4-1)41-44-42(31-16-5-2-6-17-31)46-43(45-41)37-28-34(33-24-23-29-13-7-8-18-32(29)27-33)25-26-40(37)47-38-21-11-9-19-35(38)36-20-10-12-22-39(36)47/h1-28H/i9D,10D,11D,12D,19D,20D,21D,22D. The van der Waals surface area contributed by atoms with Crippen LogP contribution in [0.4, 0.5) is 0 Å². The Hall–Kier alpha value is -6.39. The lowest BCUT2D eigenvalue weighted by Gasteiger charge is -2.16. The number of nitrogens with zero attached hydrogens (tertiary/aromatic N) is 4. The van der Waals surface area contributed by atoms with E-state index in [4.69, 9.17) is 25.9 Å². The van der Waals surface area contributed by atoms with Crippen molar-refractivity contribution in [3.05, 3.63) is 170 Å². The lowest BCUT2D eigenvalue weighted by molar-refractivity contribution is 1.06. The van der Waals surface area contributed by atoms with Crippen LogP contribution >= 0.6 is 0 Å². The summed E-state index contributed by atoms with van der Waals surface area (Å²) >= 11 is 0. The Bertz CT molecular complexity index is 2890. The monoisotopic (exact) mass is 608 g/mol. The third-order valence-corrected chi connectivity index (χ3v) is 8.29. The summed E-state index contributed by atoms with van der Waals surface area (Å²) in [7, 11) is 0. The molecule has 2 aromatic heterocycles. The Morgan fingerprint density at radius 1 is 0.426 bits per heavy atom. The first kappa shape index (κ1) is 19.9. The molecule has 47 heavy (non-hydrogen) atoms. The predicted molar refractivity (Wildman–Crippen MR) is 193 cm³/mol. The first-order valence-electron chi connectivity index (χ1n) is 19.1. The molecule has 0 bridgehead atoms. The maximum atomic E-state index is 9.15. The van der Waals surface area contributed by atoms with Gasteiger partial charge in [0.15, 0.2) is 17.5 Å². The fourth-order valence-corrected chi connectivity index (χ4v) is 6.05. The number of benzene rings is 7. The van der Waals surface area contributed by atoms with Gasteiger partial charge in [0.1, 0.15) is 0 Å². The van der Waals surface area contributed by atoms with Crippen LogP contribution in [0.15, 0.2) is 170 Å². The molecular weight excluding hydrogens is 573 g/mol. The summed E-state index contributed by atoms with van der Waals surface area (Å²) in [6, 6.07) is 35.2. The molecule has 4 heteroatoms. The highest BCUT2D eigenvalue weighted by Crippen LogP contribution is 2.38. The van der Waals surface area contributed by atoms with Crippen LogP contribution < -0.4 is 0 Å². The minimum atomic E-state index is -0.506. The minimum Gasteiger partial charge on any atom is -0.309 e. The lowest BCUT2D eigenvalue weighted by atomic mass is 9.98. The first-order valence-corrected chi connectivity index (χ1v) is 15.1. The summed E-state index contributed by atoms with van der Waals surface area (Å²) in [5.74, 6) is 1.05. The average Bonchev–Trinajstić information content (AvgIpc) is 3.60. The quantitative estimate of drug-likeness (QED) is 0.195. The summed E-state index contributed by atoms with van der Waals surface area (Å²) < 4.78 is 72.1. The van der Waals surface area contributed by atoms with Crippen molar-refractivity contribution in [3.63, 3.8) is 0 Å². The lowest BCUT2D eigenvalue weighted by Crippen LogP contribution is -2.04. The predicted octanol–water partition coefficient (Wildman–Crippen LogP) is 10.8. The minimum absolute atomic E-state index is 0.00771. The number of rotatable bonds is 5. The van der Waals surface area contributed by atoms with E-state index in [2.05, 4.69) is 6.07 Å². The Morgan fingerprint density at radius 2 is 0.936 bits per heavy atom. The molecule has 0 fully saturated rings. The van der Waals surface area contributed by atoms with E-state index in [1.807, 2.05) is 109 Å². The van der Waals surface area contributed by atoms with Crippen molar-refractivity contribution >= 4 is 32.6 Å². The van der Waals surface area contributed by atoms with Crippen LogP contribution in [0, 0.1) is 0 Å². The highest BCUT2D eigenvalue weighted by atomic mass is 15.1. The zero-order valence-electron chi connectivity index (χ0n) is 32.8. The molecule has 0 aliphatic rings. The molecule has 4 nitrogen and oxygen atoms in total. The molecule has 0 saturated heterocycles. The van der Waals surface area contributed by atoms with Crippen LogP contribution in [0.5, 0.6) is 0 Å². The van der Waals surface area contributed by atoms with Crippen LogP contribution in [0.25, 0.3) is 83.6 Å². The maximum absolute atomic E-state index is 9.15. The Balaban J connectivity index is 1.44. The molecule has 0 amide bonds. The molecule has 2 heterocycles. The molecular formula is C43H28N4. The summed E-state index contributed by atoms with van der Waals surface area (Å²) in [5, 5.41) is 2.10. The summed E-state index contributed by atoms with van der Waals surface area (Å²) in [4.78, 5) is 14.9. The van der Waals surface area contributed by atoms with E-state index in [0.717, 1.165) is 33.0 Å². The molecule has 220 valence electrons. The van der Waals surface area contributed by atoms with Crippen LogP contribution in [0.1, 0.15) is 11.0 Å². The molecule has 0 atom stereocenters. The van der Waals surface area contributed by atoms with E-state index in [1.165, 1.54) is 4.57 Å². The van der Waals surface area contributed by atoms with Gasteiger partial charge < -0.3 is 4.57 Å². The largest absolute Gasteiger partial charge is 0.309 e. The van der Waals surface area contributed by atoms with Gasteiger partial charge in [-0.05, 0) is 52.2 Å². The Kier molecular flexibility index (Phi) is 4.74. The number of hydrogen-bond donors (Lipinski definition) is 0. The van der Waals surface area contributed by atoms with Gasteiger partial charge in [-0.25, -0.2) is 15.0 Å². The van der Waals surface area contributed by atoms with Gasteiger partial charge in [-0.3, -0.25) is 0 Å². The van der Waals surface area contributed by atoms with Crippen molar-refractivity contribution in [1.82, 2.24) is 19.5 Å². The molecule has 0 saturated carbocycles. The Labute approximate surface area is 283 Å². The molecule has 0 N–H and O–H groups in total. The first-order chi connectivity index (χ1) is 26.6. The van der Waals surface area contributed by atoms with E-state index in [9.17, 15) is 0 Å². The van der Waals surface area contributed by atoms with Gasteiger partial charge in [-0.1, -0.05) is 139 Å². The van der Waals surface area contributed by atoms with E-state index in [-0.39, 0.29) is 39.7 Å². The molecule has 0 radical (unpaired) electrons.